The van der Waals surface area contributed by atoms with Gasteiger partial charge in [0.2, 0.25) is 0 Å². The summed E-state index contributed by atoms with van der Waals surface area (Å²) in [5.41, 5.74) is 2.53. The van der Waals surface area contributed by atoms with Crippen molar-refractivity contribution in [3.05, 3.63) is 59.7 Å². The van der Waals surface area contributed by atoms with Crippen LogP contribution in [0.1, 0.15) is 15.9 Å². The molecule has 0 spiro atoms. The first kappa shape index (κ1) is 19.3. The van der Waals surface area contributed by atoms with Crippen LogP contribution in [0.5, 0.6) is 5.75 Å². The van der Waals surface area contributed by atoms with Gasteiger partial charge in [0.05, 0.1) is 12.7 Å². The molecule has 0 saturated carbocycles. The molecule has 0 atom stereocenters. The second-order valence-corrected chi connectivity index (χ2v) is 6.12. The molecule has 2 aromatic carbocycles. The first-order valence-electron chi connectivity index (χ1n) is 8.22. The van der Waals surface area contributed by atoms with Crippen LogP contribution in [0.15, 0.2) is 48.5 Å². The molecule has 0 heterocycles. The van der Waals surface area contributed by atoms with Crippen molar-refractivity contribution in [2.75, 3.05) is 39.8 Å². The third-order valence-electron chi connectivity index (χ3n) is 3.92. The topological polar surface area (TPSA) is 59.1 Å². The fourth-order valence-corrected chi connectivity index (χ4v) is 2.35. The van der Waals surface area contributed by atoms with Gasteiger partial charge in [-0.1, -0.05) is 18.2 Å². The van der Waals surface area contributed by atoms with Crippen molar-refractivity contribution < 1.29 is 19.1 Å². The summed E-state index contributed by atoms with van der Waals surface area (Å²) in [4.78, 5) is 27.4. The maximum Gasteiger partial charge on any atom is 0.337 e. The molecule has 0 aliphatic carbocycles. The molecule has 0 bridgehead atoms. The highest BCUT2D eigenvalue weighted by Crippen LogP contribution is 2.15. The predicted octanol–water partition coefficient (Wildman–Crippen LogP) is 2.58. The molecule has 6 nitrogen and oxygen atoms in total. The maximum absolute atomic E-state index is 12.3. The lowest BCUT2D eigenvalue weighted by molar-refractivity contribution is -0.132. The first-order valence-corrected chi connectivity index (χ1v) is 8.22. The van der Waals surface area contributed by atoms with E-state index in [0.717, 1.165) is 11.3 Å². The molecule has 0 saturated heterocycles. The number of hydrogen-bond donors (Lipinski definition) is 0. The van der Waals surface area contributed by atoms with E-state index in [4.69, 9.17) is 4.74 Å². The van der Waals surface area contributed by atoms with Crippen molar-refractivity contribution in [2.24, 2.45) is 0 Å². The van der Waals surface area contributed by atoms with Gasteiger partial charge in [0, 0.05) is 33.4 Å². The average Bonchev–Trinajstić information content (AvgIpc) is 2.66. The minimum Gasteiger partial charge on any atom is -0.484 e. The van der Waals surface area contributed by atoms with E-state index >= 15 is 0 Å². The molecular formula is C20H24N2O4. The lowest BCUT2D eigenvalue weighted by Crippen LogP contribution is -2.31. The molecule has 0 aromatic heterocycles. The molecule has 138 valence electrons. The molecule has 2 aromatic rings. The maximum atomic E-state index is 12.3. The number of esters is 1. The number of methoxy groups -OCH3 is 1. The Morgan fingerprint density at radius 3 is 2.31 bits per heavy atom. The molecule has 0 radical (unpaired) electrons. The van der Waals surface area contributed by atoms with E-state index in [9.17, 15) is 9.59 Å². The second-order valence-electron chi connectivity index (χ2n) is 6.12. The highest BCUT2D eigenvalue weighted by atomic mass is 16.5. The summed E-state index contributed by atoms with van der Waals surface area (Å²) >= 11 is 0. The van der Waals surface area contributed by atoms with Gasteiger partial charge in [-0.05, 0) is 35.9 Å². The van der Waals surface area contributed by atoms with Gasteiger partial charge < -0.3 is 19.3 Å². The quantitative estimate of drug-likeness (QED) is 0.714. The largest absolute Gasteiger partial charge is 0.484 e. The highest BCUT2D eigenvalue weighted by Gasteiger charge is 2.12. The van der Waals surface area contributed by atoms with E-state index in [1.165, 1.54) is 7.11 Å². The van der Waals surface area contributed by atoms with E-state index in [-0.39, 0.29) is 12.5 Å². The Morgan fingerprint density at radius 1 is 1.00 bits per heavy atom. The summed E-state index contributed by atoms with van der Waals surface area (Å²) in [6, 6.07) is 14.6. The van der Waals surface area contributed by atoms with Crippen molar-refractivity contribution in [2.45, 2.75) is 6.54 Å². The number of amides is 1. The number of carbonyl (C=O) groups is 2. The zero-order valence-electron chi connectivity index (χ0n) is 15.6. The fraction of sp³-hybridized carbons (Fsp3) is 0.300. The van der Waals surface area contributed by atoms with Crippen LogP contribution in [0.25, 0.3) is 0 Å². The zero-order valence-corrected chi connectivity index (χ0v) is 15.6. The van der Waals surface area contributed by atoms with Gasteiger partial charge in [0.15, 0.2) is 6.61 Å². The summed E-state index contributed by atoms with van der Waals surface area (Å²) in [5.74, 6) is -0.143. The Hall–Kier alpha value is -3.02. The fourth-order valence-electron chi connectivity index (χ4n) is 2.35. The number of anilines is 1. The highest BCUT2D eigenvalue weighted by molar-refractivity contribution is 5.89. The predicted molar refractivity (Wildman–Crippen MR) is 101 cm³/mol. The summed E-state index contributed by atoms with van der Waals surface area (Å²) in [6.07, 6.45) is 0. The minimum atomic E-state index is -0.444. The summed E-state index contributed by atoms with van der Waals surface area (Å²) in [5, 5.41) is 0. The average molecular weight is 356 g/mol. The van der Waals surface area contributed by atoms with Crippen LogP contribution in [0, 0.1) is 0 Å². The monoisotopic (exact) mass is 356 g/mol. The van der Waals surface area contributed by atoms with Crippen LogP contribution in [0.2, 0.25) is 0 Å². The van der Waals surface area contributed by atoms with Crippen molar-refractivity contribution in [1.82, 2.24) is 4.90 Å². The third kappa shape index (κ3) is 5.24. The van der Waals surface area contributed by atoms with E-state index in [0.29, 0.717) is 17.9 Å². The van der Waals surface area contributed by atoms with Crippen molar-refractivity contribution in [3.8, 4) is 5.75 Å². The van der Waals surface area contributed by atoms with Gasteiger partial charge in [0.1, 0.15) is 5.75 Å². The van der Waals surface area contributed by atoms with Crippen LogP contribution in [-0.2, 0) is 16.1 Å². The summed E-state index contributed by atoms with van der Waals surface area (Å²) in [7, 11) is 7.02. The zero-order chi connectivity index (χ0) is 19.1. The smallest absolute Gasteiger partial charge is 0.337 e. The number of ether oxygens (including phenoxy) is 2. The van der Waals surface area contributed by atoms with Crippen LogP contribution >= 0.6 is 0 Å². The SMILES string of the molecule is COC(=O)c1cccc(OCC(=O)N(C)Cc2ccc(N(C)C)cc2)c1. The molecule has 1 amide bonds. The van der Waals surface area contributed by atoms with Crippen molar-refractivity contribution in [3.63, 3.8) is 0 Å². The molecular weight excluding hydrogens is 332 g/mol. The first-order chi connectivity index (χ1) is 12.4. The second kappa shape index (κ2) is 8.89. The van der Waals surface area contributed by atoms with Crippen LogP contribution < -0.4 is 9.64 Å². The van der Waals surface area contributed by atoms with Gasteiger partial charge in [-0.3, -0.25) is 4.79 Å². The summed E-state index contributed by atoms with van der Waals surface area (Å²) in [6.45, 7) is 0.398. The van der Waals surface area contributed by atoms with Gasteiger partial charge in [0.25, 0.3) is 5.91 Å². The number of benzene rings is 2. The van der Waals surface area contributed by atoms with E-state index in [1.807, 2.05) is 43.3 Å². The number of rotatable bonds is 7. The Balaban J connectivity index is 1.90. The Kier molecular flexibility index (Phi) is 6.60. The van der Waals surface area contributed by atoms with Gasteiger partial charge >= 0.3 is 5.97 Å². The molecule has 0 N–H and O–H groups in total. The summed E-state index contributed by atoms with van der Waals surface area (Å²) < 4.78 is 10.2. The Labute approximate surface area is 153 Å². The van der Waals surface area contributed by atoms with E-state index < -0.39 is 5.97 Å². The number of carbonyl (C=O) groups excluding carboxylic acids is 2. The van der Waals surface area contributed by atoms with Crippen molar-refractivity contribution >= 4 is 17.6 Å². The molecule has 2 rings (SSSR count). The Bertz CT molecular complexity index is 757. The third-order valence-corrected chi connectivity index (χ3v) is 3.92. The van der Waals surface area contributed by atoms with Crippen LogP contribution in [0.4, 0.5) is 5.69 Å². The number of likely N-dealkylation sites (N-methyl/N-ethyl adjacent to an activating group) is 1. The lowest BCUT2D eigenvalue weighted by Gasteiger charge is -2.19. The minimum absolute atomic E-state index is 0.100. The molecule has 0 unspecified atom stereocenters. The molecule has 6 heteroatoms. The van der Waals surface area contributed by atoms with Gasteiger partial charge in [-0.15, -0.1) is 0 Å². The van der Waals surface area contributed by atoms with Gasteiger partial charge in [-0.2, -0.15) is 0 Å². The molecule has 26 heavy (non-hydrogen) atoms. The Morgan fingerprint density at radius 2 is 1.69 bits per heavy atom. The number of nitrogens with zero attached hydrogens (tertiary/aromatic N) is 2. The van der Waals surface area contributed by atoms with E-state index in [2.05, 4.69) is 4.74 Å². The molecule has 0 aliphatic rings. The normalized spacial score (nSPS) is 10.2. The lowest BCUT2D eigenvalue weighted by atomic mass is 10.2. The molecule has 0 aliphatic heterocycles. The number of hydrogen-bond acceptors (Lipinski definition) is 5. The van der Waals surface area contributed by atoms with Crippen molar-refractivity contribution in [1.29, 1.82) is 0 Å². The standard InChI is InChI=1S/C20H24N2O4/c1-21(2)17-10-8-15(9-11-17)13-22(3)19(23)14-26-18-7-5-6-16(12-18)20(24)25-4/h5-12H,13-14H2,1-4H3. The van der Waals surface area contributed by atoms with Crippen LogP contribution in [-0.4, -0.2) is 51.6 Å². The van der Waals surface area contributed by atoms with E-state index in [1.54, 1.807) is 36.2 Å². The van der Waals surface area contributed by atoms with Crippen LogP contribution in [0.3, 0.4) is 0 Å². The van der Waals surface area contributed by atoms with Gasteiger partial charge in [-0.25, -0.2) is 4.79 Å². The molecule has 0 fully saturated rings.